The molecule has 0 aliphatic carbocycles. The number of rotatable bonds is 6. The van der Waals surface area contributed by atoms with Crippen molar-refractivity contribution in [3.63, 3.8) is 0 Å². The summed E-state index contributed by atoms with van der Waals surface area (Å²) in [4.78, 5) is 13.2. The zero-order valence-corrected chi connectivity index (χ0v) is 9.84. The smallest absolute Gasteiger partial charge is 0.303 e. The number of carboxylic acid groups (broad SMARTS) is 1. The van der Waals surface area contributed by atoms with Gasteiger partial charge in [0, 0.05) is 16.4 Å². The molecule has 0 radical (unpaired) electrons. The number of aliphatic carboxylic acids is 1. The minimum Gasteiger partial charge on any atom is -0.481 e. The van der Waals surface area contributed by atoms with Crippen LogP contribution in [0.15, 0.2) is 29.4 Å². The van der Waals surface area contributed by atoms with Crippen LogP contribution in [0.5, 0.6) is 0 Å². The summed E-state index contributed by atoms with van der Waals surface area (Å²) in [5.74, 6) is -0.846. The third-order valence-corrected chi connectivity index (χ3v) is 2.57. The largest absolute Gasteiger partial charge is 0.481 e. The highest BCUT2D eigenvalue weighted by atomic mass is 35.5. The Labute approximate surface area is 104 Å². The Kier molecular flexibility index (Phi) is 5.33. The van der Waals surface area contributed by atoms with Crippen LogP contribution in [-0.4, -0.2) is 11.1 Å². The topological polar surface area (TPSA) is 86.1 Å². The number of nitrogens with zero attached hydrogens (tertiary/aromatic N) is 3. The normalized spacial score (nSPS) is 11.6. The van der Waals surface area contributed by atoms with Crippen molar-refractivity contribution in [1.29, 1.82) is 0 Å². The van der Waals surface area contributed by atoms with Crippen molar-refractivity contribution in [3.05, 3.63) is 45.3 Å². The predicted molar refractivity (Wildman–Crippen MR) is 64.8 cm³/mol. The molecular formula is C11H12ClN3O2. The Bertz CT molecular complexity index is 427. The molecule has 6 heteroatoms. The highest BCUT2D eigenvalue weighted by Gasteiger charge is 2.10. The van der Waals surface area contributed by atoms with E-state index < -0.39 is 5.97 Å². The number of benzene rings is 1. The first-order valence-corrected chi connectivity index (χ1v) is 5.52. The molecule has 1 N–H and O–H groups in total. The zero-order valence-electron chi connectivity index (χ0n) is 9.08. The van der Waals surface area contributed by atoms with Crippen LogP contribution in [0.25, 0.3) is 10.4 Å². The average molecular weight is 254 g/mol. The summed E-state index contributed by atoms with van der Waals surface area (Å²) in [6.45, 7) is 0. The molecule has 0 fully saturated rings. The van der Waals surface area contributed by atoms with Crippen molar-refractivity contribution in [1.82, 2.24) is 0 Å². The maximum absolute atomic E-state index is 10.4. The van der Waals surface area contributed by atoms with Crippen LogP contribution in [0.1, 0.15) is 30.9 Å². The lowest BCUT2D eigenvalue weighted by Gasteiger charge is -2.10. The second kappa shape index (κ2) is 6.78. The fraction of sp³-hybridized carbons (Fsp3) is 0.364. The maximum Gasteiger partial charge on any atom is 0.303 e. The Hall–Kier alpha value is -1.71. The van der Waals surface area contributed by atoms with Crippen molar-refractivity contribution < 1.29 is 9.90 Å². The number of halogens is 1. The summed E-state index contributed by atoms with van der Waals surface area (Å²) in [5.41, 5.74) is 9.32. The number of azide groups is 1. The second-order valence-electron chi connectivity index (χ2n) is 3.56. The van der Waals surface area contributed by atoms with Gasteiger partial charge in [-0.05, 0) is 36.1 Å². The maximum atomic E-state index is 10.4. The molecule has 0 heterocycles. The van der Waals surface area contributed by atoms with Gasteiger partial charge in [-0.15, -0.1) is 0 Å². The van der Waals surface area contributed by atoms with Gasteiger partial charge in [0.1, 0.15) is 0 Å². The first kappa shape index (κ1) is 13.4. The highest BCUT2D eigenvalue weighted by molar-refractivity contribution is 6.30. The van der Waals surface area contributed by atoms with Crippen molar-refractivity contribution in [2.75, 3.05) is 0 Å². The standard InChI is InChI=1S/C11H12ClN3O2/c12-9-6-4-8(5-7-9)10(14-15-13)2-1-3-11(16)17/h4-7,10H,1-3H2,(H,16,17). The molecule has 0 saturated carbocycles. The van der Waals surface area contributed by atoms with Crippen molar-refractivity contribution in [3.8, 4) is 0 Å². The number of hydrogen-bond donors (Lipinski definition) is 1. The Morgan fingerprint density at radius 3 is 2.65 bits per heavy atom. The minimum absolute atomic E-state index is 0.0744. The van der Waals surface area contributed by atoms with E-state index >= 15 is 0 Å². The van der Waals surface area contributed by atoms with Crippen LogP contribution in [0.2, 0.25) is 5.02 Å². The number of carbonyl (C=O) groups is 1. The molecule has 1 aromatic rings. The second-order valence-corrected chi connectivity index (χ2v) is 3.99. The van der Waals surface area contributed by atoms with E-state index in [4.69, 9.17) is 22.2 Å². The summed E-state index contributed by atoms with van der Waals surface area (Å²) in [5, 5.41) is 12.8. The van der Waals surface area contributed by atoms with Gasteiger partial charge in [0.2, 0.25) is 0 Å². The van der Waals surface area contributed by atoms with Gasteiger partial charge in [-0.2, -0.15) is 0 Å². The molecule has 1 aromatic carbocycles. The summed E-state index contributed by atoms with van der Waals surface area (Å²) in [7, 11) is 0. The van der Waals surface area contributed by atoms with Crippen LogP contribution in [-0.2, 0) is 4.79 Å². The summed E-state index contributed by atoms with van der Waals surface area (Å²) in [6, 6.07) is 6.66. The van der Waals surface area contributed by atoms with E-state index in [9.17, 15) is 4.79 Å². The quantitative estimate of drug-likeness (QED) is 0.473. The Morgan fingerprint density at radius 2 is 2.12 bits per heavy atom. The molecule has 90 valence electrons. The summed E-state index contributed by atoms with van der Waals surface area (Å²) >= 11 is 5.76. The van der Waals surface area contributed by atoms with Crippen molar-refractivity contribution >= 4 is 17.6 Å². The van der Waals surface area contributed by atoms with Gasteiger partial charge in [-0.3, -0.25) is 4.79 Å². The Morgan fingerprint density at radius 1 is 1.47 bits per heavy atom. The van der Waals surface area contributed by atoms with Crippen molar-refractivity contribution in [2.24, 2.45) is 5.11 Å². The minimum atomic E-state index is -0.846. The number of hydrogen-bond acceptors (Lipinski definition) is 2. The monoisotopic (exact) mass is 253 g/mol. The third kappa shape index (κ3) is 4.76. The van der Waals surface area contributed by atoms with Crippen molar-refractivity contribution in [2.45, 2.75) is 25.3 Å². The van der Waals surface area contributed by atoms with Crippen LogP contribution >= 0.6 is 11.6 Å². The lowest BCUT2D eigenvalue weighted by Crippen LogP contribution is -1.99. The molecule has 0 amide bonds. The third-order valence-electron chi connectivity index (χ3n) is 2.31. The fourth-order valence-electron chi connectivity index (χ4n) is 1.48. The van der Waals surface area contributed by atoms with E-state index in [-0.39, 0.29) is 12.5 Å². The van der Waals surface area contributed by atoms with E-state index in [1.165, 1.54) is 0 Å². The molecule has 0 spiro atoms. The zero-order chi connectivity index (χ0) is 12.7. The molecule has 0 aromatic heterocycles. The van der Waals surface area contributed by atoms with Gasteiger partial charge in [-0.1, -0.05) is 28.8 Å². The van der Waals surface area contributed by atoms with Gasteiger partial charge in [0.05, 0.1) is 6.04 Å². The van der Waals surface area contributed by atoms with Gasteiger partial charge in [0.25, 0.3) is 0 Å². The first-order chi connectivity index (χ1) is 8.13. The molecule has 5 nitrogen and oxygen atoms in total. The van der Waals surface area contributed by atoms with E-state index in [0.29, 0.717) is 17.9 Å². The SMILES string of the molecule is [N-]=[N+]=NC(CCCC(=O)O)c1ccc(Cl)cc1. The van der Waals surface area contributed by atoms with E-state index in [1.54, 1.807) is 24.3 Å². The summed E-state index contributed by atoms with van der Waals surface area (Å²) < 4.78 is 0. The molecule has 0 aliphatic rings. The van der Waals surface area contributed by atoms with Gasteiger partial charge < -0.3 is 5.11 Å². The molecule has 1 atom stereocenters. The molecule has 0 saturated heterocycles. The highest BCUT2D eigenvalue weighted by Crippen LogP contribution is 2.25. The van der Waals surface area contributed by atoms with E-state index in [1.807, 2.05) is 0 Å². The molecule has 1 unspecified atom stereocenters. The molecule has 1 rings (SSSR count). The average Bonchev–Trinajstić information content (AvgIpc) is 2.29. The van der Waals surface area contributed by atoms with Crippen LogP contribution in [0, 0.1) is 0 Å². The molecule has 0 bridgehead atoms. The van der Waals surface area contributed by atoms with Crippen LogP contribution < -0.4 is 0 Å². The number of carboxylic acids is 1. The van der Waals surface area contributed by atoms with Crippen LogP contribution in [0.3, 0.4) is 0 Å². The Balaban J connectivity index is 2.68. The van der Waals surface area contributed by atoms with Gasteiger partial charge in [0.15, 0.2) is 0 Å². The molecular weight excluding hydrogens is 242 g/mol. The van der Waals surface area contributed by atoms with E-state index in [2.05, 4.69) is 10.0 Å². The van der Waals surface area contributed by atoms with E-state index in [0.717, 1.165) is 5.56 Å². The fourth-order valence-corrected chi connectivity index (χ4v) is 1.61. The predicted octanol–water partition coefficient (Wildman–Crippen LogP) is 3.95. The molecule has 0 aliphatic heterocycles. The first-order valence-electron chi connectivity index (χ1n) is 5.15. The lowest BCUT2D eigenvalue weighted by atomic mass is 10.0. The van der Waals surface area contributed by atoms with Crippen LogP contribution in [0.4, 0.5) is 0 Å². The van der Waals surface area contributed by atoms with Gasteiger partial charge >= 0.3 is 5.97 Å². The summed E-state index contributed by atoms with van der Waals surface area (Å²) in [6.07, 6.45) is 1.06. The molecule has 17 heavy (non-hydrogen) atoms. The van der Waals surface area contributed by atoms with Gasteiger partial charge in [-0.25, -0.2) is 0 Å². The lowest BCUT2D eigenvalue weighted by molar-refractivity contribution is -0.137.